The maximum absolute atomic E-state index is 12.3. The molecule has 0 saturated carbocycles. The number of rotatable bonds is 3. The van der Waals surface area contributed by atoms with E-state index in [0.717, 1.165) is 30.8 Å². The smallest absolute Gasteiger partial charge is 0.412 e. The molecule has 1 fully saturated rings. The number of carbonyl (C=O) groups excluding carboxylic acids is 1. The van der Waals surface area contributed by atoms with Crippen LogP contribution in [0.15, 0.2) is 11.4 Å². The summed E-state index contributed by atoms with van der Waals surface area (Å²) in [6.45, 7) is 7.28. The number of hydrogen-bond acceptors (Lipinski definition) is 4. The zero-order valence-corrected chi connectivity index (χ0v) is 14.3. The van der Waals surface area contributed by atoms with E-state index in [0.29, 0.717) is 5.02 Å². The Morgan fingerprint density at radius 3 is 2.52 bits per heavy atom. The summed E-state index contributed by atoms with van der Waals surface area (Å²) in [4.78, 5) is 14.8. The molecule has 118 valence electrons. The van der Waals surface area contributed by atoms with Crippen LogP contribution in [0.1, 0.15) is 51.2 Å². The first kappa shape index (κ1) is 16.6. The topological polar surface area (TPSA) is 38.8 Å². The van der Waals surface area contributed by atoms with Crippen molar-refractivity contribution in [2.75, 3.05) is 13.1 Å². The fourth-order valence-electron chi connectivity index (χ4n) is 2.17. The van der Waals surface area contributed by atoms with Crippen molar-refractivity contribution >= 4 is 29.0 Å². The minimum Gasteiger partial charge on any atom is -0.414 e. The highest BCUT2D eigenvalue weighted by Crippen LogP contribution is 2.35. The van der Waals surface area contributed by atoms with Crippen molar-refractivity contribution in [1.29, 1.82) is 0 Å². The molecule has 0 aromatic carbocycles. The van der Waals surface area contributed by atoms with Crippen molar-refractivity contribution in [3.05, 3.63) is 21.3 Å². The summed E-state index contributed by atoms with van der Waals surface area (Å²) < 4.78 is 11.5. The Bertz CT molecular complexity index is 478. The van der Waals surface area contributed by atoms with Crippen LogP contribution >= 0.6 is 22.9 Å². The summed E-state index contributed by atoms with van der Waals surface area (Å²) >= 11 is 7.59. The number of nitrogens with zero attached hydrogens (tertiary/aromatic N) is 1. The molecule has 2 heterocycles. The first-order valence-electron chi connectivity index (χ1n) is 7.23. The third-order valence-corrected chi connectivity index (χ3v) is 4.52. The lowest BCUT2D eigenvalue weighted by molar-refractivity contribution is -0.173. The molecule has 1 atom stereocenters. The monoisotopic (exact) mass is 331 g/mol. The number of thiophene rings is 1. The predicted octanol–water partition coefficient (Wildman–Crippen LogP) is 4.84. The molecule has 0 N–H and O–H groups in total. The van der Waals surface area contributed by atoms with E-state index >= 15 is 0 Å². The van der Waals surface area contributed by atoms with Gasteiger partial charge < -0.3 is 14.4 Å². The van der Waals surface area contributed by atoms with Crippen LogP contribution in [0.25, 0.3) is 0 Å². The normalized spacial score (nSPS) is 17.6. The maximum Gasteiger partial charge on any atom is 0.412 e. The van der Waals surface area contributed by atoms with E-state index in [1.165, 1.54) is 17.8 Å². The molecule has 4 nitrogen and oxygen atoms in total. The number of halogens is 1. The molecule has 2 rings (SSSR count). The lowest BCUT2D eigenvalue weighted by Crippen LogP contribution is -2.37. The summed E-state index contributed by atoms with van der Waals surface area (Å²) in [5.41, 5.74) is -0.430. The van der Waals surface area contributed by atoms with Crippen LogP contribution in [0.5, 0.6) is 0 Å². The Kier molecular flexibility index (Phi) is 5.52. The Morgan fingerprint density at radius 1 is 1.33 bits per heavy atom. The fourth-order valence-corrected chi connectivity index (χ4v) is 3.27. The minimum atomic E-state index is -0.757. The molecule has 0 radical (unpaired) electrons. The SMILES string of the molecule is CC(C)(C)OC(OC(=O)N1CCCCC1)c1sccc1Cl. The minimum absolute atomic E-state index is 0.326. The molecule has 1 aromatic rings. The van der Waals surface area contributed by atoms with Gasteiger partial charge >= 0.3 is 6.09 Å². The molecule has 6 heteroatoms. The van der Waals surface area contributed by atoms with Crippen LogP contribution in [0, 0.1) is 0 Å². The molecule has 1 aliphatic heterocycles. The lowest BCUT2D eigenvalue weighted by Gasteiger charge is -2.31. The average Bonchev–Trinajstić information content (AvgIpc) is 2.83. The second-order valence-corrected chi connectivity index (χ2v) is 7.48. The van der Waals surface area contributed by atoms with E-state index in [9.17, 15) is 4.79 Å². The van der Waals surface area contributed by atoms with Crippen LogP contribution in [0.3, 0.4) is 0 Å². The van der Waals surface area contributed by atoms with Gasteiger partial charge in [-0.1, -0.05) is 11.6 Å². The molecular weight excluding hydrogens is 310 g/mol. The number of piperidine rings is 1. The molecule has 1 saturated heterocycles. The standard InChI is InChI=1S/C15H22ClNO3S/c1-15(2,3)20-13(12-11(16)7-10-21-12)19-14(18)17-8-5-4-6-9-17/h7,10,13H,4-6,8-9H2,1-3H3. The van der Waals surface area contributed by atoms with Gasteiger partial charge in [0.1, 0.15) is 0 Å². The van der Waals surface area contributed by atoms with Gasteiger partial charge in [0, 0.05) is 13.1 Å². The second-order valence-electron chi connectivity index (χ2n) is 6.13. The van der Waals surface area contributed by atoms with E-state index in [4.69, 9.17) is 21.1 Å². The van der Waals surface area contributed by atoms with Gasteiger partial charge in [-0.25, -0.2) is 4.79 Å². The summed E-state index contributed by atoms with van der Waals surface area (Å²) in [7, 11) is 0. The van der Waals surface area contributed by atoms with Crippen molar-refractivity contribution < 1.29 is 14.3 Å². The molecule has 0 bridgehead atoms. The zero-order valence-electron chi connectivity index (χ0n) is 12.7. The van der Waals surface area contributed by atoms with Gasteiger partial charge in [0.05, 0.1) is 15.5 Å². The van der Waals surface area contributed by atoms with Gasteiger partial charge in [-0.2, -0.15) is 0 Å². The molecule has 1 amide bonds. The largest absolute Gasteiger partial charge is 0.414 e. The predicted molar refractivity (Wildman–Crippen MR) is 84.8 cm³/mol. The van der Waals surface area contributed by atoms with Gasteiger partial charge in [0.15, 0.2) is 0 Å². The third-order valence-electron chi connectivity index (χ3n) is 3.14. The molecule has 1 aliphatic rings. The highest BCUT2D eigenvalue weighted by Gasteiger charge is 2.29. The number of likely N-dealkylation sites (tertiary alicyclic amines) is 1. The Hall–Kier alpha value is -0.780. The molecule has 1 aromatic heterocycles. The Balaban J connectivity index is 2.08. The Morgan fingerprint density at radius 2 is 2.00 bits per heavy atom. The average molecular weight is 332 g/mol. The van der Waals surface area contributed by atoms with Crippen molar-refractivity contribution in [2.24, 2.45) is 0 Å². The summed E-state index contributed by atoms with van der Waals surface area (Å²) in [5.74, 6) is 0. The number of amides is 1. The van der Waals surface area contributed by atoms with Gasteiger partial charge in [0.2, 0.25) is 6.29 Å². The zero-order chi connectivity index (χ0) is 15.5. The van der Waals surface area contributed by atoms with E-state index < -0.39 is 11.9 Å². The van der Waals surface area contributed by atoms with Crippen molar-refractivity contribution in [2.45, 2.75) is 51.9 Å². The van der Waals surface area contributed by atoms with Crippen LogP contribution in [0.2, 0.25) is 5.02 Å². The quantitative estimate of drug-likeness (QED) is 0.744. The van der Waals surface area contributed by atoms with Crippen LogP contribution in [-0.4, -0.2) is 29.7 Å². The van der Waals surface area contributed by atoms with E-state index in [1.54, 1.807) is 11.0 Å². The maximum atomic E-state index is 12.3. The molecular formula is C15H22ClNO3S. The highest BCUT2D eigenvalue weighted by molar-refractivity contribution is 7.10. The summed E-state index contributed by atoms with van der Waals surface area (Å²) in [5, 5.41) is 2.44. The summed E-state index contributed by atoms with van der Waals surface area (Å²) in [6.07, 6.45) is 2.14. The van der Waals surface area contributed by atoms with Gasteiger partial charge in [0.25, 0.3) is 0 Å². The van der Waals surface area contributed by atoms with Gasteiger partial charge in [-0.05, 0) is 51.5 Å². The summed E-state index contributed by atoms with van der Waals surface area (Å²) in [6, 6.07) is 1.79. The first-order valence-corrected chi connectivity index (χ1v) is 8.49. The van der Waals surface area contributed by atoms with Crippen molar-refractivity contribution in [1.82, 2.24) is 4.90 Å². The first-order chi connectivity index (χ1) is 9.87. The third kappa shape index (κ3) is 4.87. The molecule has 21 heavy (non-hydrogen) atoms. The van der Waals surface area contributed by atoms with Crippen LogP contribution in [0.4, 0.5) is 4.79 Å². The molecule has 0 spiro atoms. The number of hydrogen-bond donors (Lipinski definition) is 0. The fraction of sp³-hybridized carbons (Fsp3) is 0.667. The highest BCUT2D eigenvalue weighted by atomic mass is 35.5. The molecule has 0 aliphatic carbocycles. The van der Waals surface area contributed by atoms with Crippen LogP contribution < -0.4 is 0 Å². The van der Waals surface area contributed by atoms with E-state index in [1.807, 2.05) is 26.2 Å². The second kappa shape index (κ2) is 6.99. The van der Waals surface area contributed by atoms with Crippen LogP contribution in [-0.2, 0) is 9.47 Å². The Labute approximate surface area is 135 Å². The van der Waals surface area contributed by atoms with Gasteiger partial charge in [-0.15, -0.1) is 11.3 Å². The molecule has 1 unspecified atom stereocenters. The van der Waals surface area contributed by atoms with E-state index in [-0.39, 0.29) is 6.09 Å². The van der Waals surface area contributed by atoms with E-state index in [2.05, 4.69) is 0 Å². The lowest BCUT2D eigenvalue weighted by atomic mass is 10.1. The van der Waals surface area contributed by atoms with Crippen molar-refractivity contribution in [3.8, 4) is 0 Å². The number of ether oxygens (including phenoxy) is 2. The van der Waals surface area contributed by atoms with Gasteiger partial charge in [-0.3, -0.25) is 0 Å². The number of carbonyl (C=O) groups is 1. The van der Waals surface area contributed by atoms with Crippen molar-refractivity contribution in [3.63, 3.8) is 0 Å².